The number of thioether (sulfide) groups is 1. The van der Waals surface area contributed by atoms with Gasteiger partial charge in [0.15, 0.2) is 15.8 Å². The molecule has 0 saturated carbocycles. The van der Waals surface area contributed by atoms with E-state index in [9.17, 15) is 9.18 Å². The van der Waals surface area contributed by atoms with Gasteiger partial charge >= 0.3 is 0 Å². The van der Waals surface area contributed by atoms with Gasteiger partial charge in [-0.1, -0.05) is 70.2 Å². The van der Waals surface area contributed by atoms with Crippen molar-refractivity contribution in [2.75, 3.05) is 11.5 Å². The van der Waals surface area contributed by atoms with Gasteiger partial charge in [0.25, 0.3) is 5.91 Å². The fraction of sp³-hybridized carbons (Fsp3) is 0.120. The summed E-state index contributed by atoms with van der Waals surface area (Å²) >= 11 is 10.3. The Morgan fingerprint density at radius 3 is 2.55 bits per heavy atom. The van der Waals surface area contributed by atoms with Crippen molar-refractivity contribution in [1.29, 1.82) is 0 Å². The Kier molecular flexibility index (Phi) is 7.47. The number of amides is 1. The van der Waals surface area contributed by atoms with Crippen LogP contribution in [-0.2, 0) is 11.4 Å². The number of thiocarbonyl (C=S) groups is 1. The van der Waals surface area contributed by atoms with Gasteiger partial charge in [-0.25, -0.2) is 4.39 Å². The molecule has 3 aromatic carbocycles. The minimum absolute atomic E-state index is 0.174. The number of ether oxygens (including phenoxy) is 2. The Hall–Kier alpha value is -2.68. The summed E-state index contributed by atoms with van der Waals surface area (Å²) in [6, 6.07) is 19.2. The van der Waals surface area contributed by atoms with Crippen LogP contribution in [0.15, 0.2) is 76.1 Å². The van der Waals surface area contributed by atoms with E-state index >= 15 is 0 Å². The number of anilines is 1. The highest BCUT2D eigenvalue weighted by Crippen LogP contribution is 2.39. The summed E-state index contributed by atoms with van der Waals surface area (Å²) in [7, 11) is 0. The maximum Gasteiger partial charge on any atom is 0.270 e. The molecule has 1 heterocycles. The zero-order valence-corrected chi connectivity index (χ0v) is 20.8. The molecule has 0 spiro atoms. The predicted molar refractivity (Wildman–Crippen MR) is 138 cm³/mol. The predicted octanol–water partition coefficient (Wildman–Crippen LogP) is 6.97. The Morgan fingerprint density at radius 2 is 1.82 bits per heavy atom. The summed E-state index contributed by atoms with van der Waals surface area (Å²) in [4.78, 5) is 15.1. The fourth-order valence-corrected chi connectivity index (χ4v) is 4.97. The highest BCUT2D eigenvalue weighted by Gasteiger charge is 2.33. The molecular formula is C25H19BrFNO3S2. The number of rotatable bonds is 7. The van der Waals surface area contributed by atoms with E-state index in [0.29, 0.717) is 32.9 Å². The molecule has 8 heteroatoms. The van der Waals surface area contributed by atoms with Gasteiger partial charge in [-0.3, -0.25) is 9.69 Å². The molecule has 1 fully saturated rings. The van der Waals surface area contributed by atoms with Crippen LogP contribution in [0.4, 0.5) is 10.1 Å². The number of hydrogen-bond donors (Lipinski definition) is 0. The first-order valence-electron chi connectivity index (χ1n) is 10.1. The van der Waals surface area contributed by atoms with Gasteiger partial charge in [-0.2, -0.15) is 0 Å². The van der Waals surface area contributed by atoms with Crippen LogP contribution in [0.3, 0.4) is 0 Å². The van der Waals surface area contributed by atoms with E-state index in [4.69, 9.17) is 21.7 Å². The van der Waals surface area contributed by atoms with Crippen molar-refractivity contribution >= 4 is 61.9 Å². The van der Waals surface area contributed by atoms with E-state index in [1.807, 2.05) is 43.3 Å². The molecule has 4 rings (SSSR count). The molecule has 1 aliphatic rings. The van der Waals surface area contributed by atoms with Crippen molar-refractivity contribution < 1.29 is 18.7 Å². The zero-order valence-electron chi connectivity index (χ0n) is 17.6. The van der Waals surface area contributed by atoms with Gasteiger partial charge in [0, 0.05) is 4.47 Å². The Bertz CT molecular complexity index is 1230. The molecule has 168 valence electrons. The van der Waals surface area contributed by atoms with E-state index in [-0.39, 0.29) is 18.3 Å². The average molecular weight is 544 g/mol. The fourth-order valence-electron chi connectivity index (χ4n) is 3.24. The maximum absolute atomic E-state index is 13.5. The van der Waals surface area contributed by atoms with Crippen molar-refractivity contribution in [3.8, 4) is 11.5 Å². The molecule has 4 nitrogen and oxygen atoms in total. The van der Waals surface area contributed by atoms with Crippen molar-refractivity contribution in [3.05, 3.63) is 93.1 Å². The molecule has 0 unspecified atom stereocenters. The lowest BCUT2D eigenvalue weighted by molar-refractivity contribution is -0.113. The van der Waals surface area contributed by atoms with Crippen LogP contribution < -0.4 is 14.4 Å². The highest BCUT2D eigenvalue weighted by molar-refractivity contribution is 9.10. The van der Waals surface area contributed by atoms with Crippen LogP contribution >= 0.6 is 39.9 Å². The van der Waals surface area contributed by atoms with Crippen molar-refractivity contribution in [2.24, 2.45) is 0 Å². The molecular weight excluding hydrogens is 525 g/mol. The van der Waals surface area contributed by atoms with E-state index in [1.54, 1.807) is 24.3 Å². The molecule has 0 aromatic heterocycles. The Morgan fingerprint density at radius 1 is 1.06 bits per heavy atom. The first-order chi connectivity index (χ1) is 16.0. The third kappa shape index (κ3) is 5.46. The minimum atomic E-state index is -0.314. The first kappa shape index (κ1) is 23.5. The van der Waals surface area contributed by atoms with Crippen LogP contribution in [-0.4, -0.2) is 16.8 Å². The van der Waals surface area contributed by atoms with Crippen LogP contribution in [0.25, 0.3) is 6.08 Å². The first-order valence-corrected chi connectivity index (χ1v) is 12.1. The second-order valence-electron chi connectivity index (χ2n) is 7.02. The molecule has 3 aromatic rings. The van der Waals surface area contributed by atoms with Gasteiger partial charge in [0.1, 0.15) is 12.4 Å². The smallest absolute Gasteiger partial charge is 0.270 e. The molecule has 1 aliphatic heterocycles. The summed E-state index contributed by atoms with van der Waals surface area (Å²) in [5, 5.41) is 0. The summed E-state index contributed by atoms with van der Waals surface area (Å²) in [6.07, 6.45) is 1.78. The summed E-state index contributed by atoms with van der Waals surface area (Å²) in [6.45, 7) is 2.51. The van der Waals surface area contributed by atoms with Gasteiger partial charge in [-0.05, 0) is 60.5 Å². The number of carbonyl (C=O) groups excluding carboxylic acids is 1. The molecule has 1 amide bonds. The van der Waals surface area contributed by atoms with E-state index in [2.05, 4.69) is 15.9 Å². The lowest BCUT2D eigenvalue weighted by Crippen LogP contribution is -2.27. The molecule has 33 heavy (non-hydrogen) atoms. The van der Waals surface area contributed by atoms with E-state index in [0.717, 1.165) is 15.7 Å². The monoisotopic (exact) mass is 543 g/mol. The third-order valence-electron chi connectivity index (χ3n) is 4.74. The molecule has 0 radical (unpaired) electrons. The van der Waals surface area contributed by atoms with Crippen molar-refractivity contribution in [2.45, 2.75) is 13.5 Å². The lowest BCUT2D eigenvalue weighted by atomic mass is 10.1. The maximum atomic E-state index is 13.5. The van der Waals surface area contributed by atoms with E-state index < -0.39 is 0 Å². The molecule has 0 bridgehead atoms. The van der Waals surface area contributed by atoms with Gasteiger partial charge in [-0.15, -0.1) is 0 Å². The topological polar surface area (TPSA) is 38.8 Å². The van der Waals surface area contributed by atoms with Gasteiger partial charge in [0.05, 0.1) is 17.2 Å². The van der Waals surface area contributed by atoms with Crippen molar-refractivity contribution in [1.82, 2.24) is 0 Å². The summed E-state index contributed by atoms with van der Waals surface area (Å²) in [5.74, 6) is 0.557. The molecule has 0 N–H and O–H groups in total. The normalized spacial score (nSPS) is 14.8. The lowest BCUT2D eigenvalue weighted by Gasteiger charge is -2.15. The van der Waals surface area contributed by atoms with Crippen LogP contribution in [0, 0.1) is 5.82 Å². The zero-order chi connectivity index (χ0) is 23.4. The standard InChI is InChI=1S/C25H19BrFNO3S2/c1-2-30-21-12-17(20(26)14-22(21)31-15-16-7-6-8-18(27)11-16)13-23-24(29)28(25(32)33-23)19-9-4-3-5-10-19/h3-14H,2,15H2,1H3/b23-13+. The second-order valence-corrected chi connectivity index (χ2v) is 9.55. The van der Waals surface area contributed by atoms with Crippen molar-refractivity contribution in [3.63, 3.8) is 0 Å². The number of hydrogen-bond acceptors (Lipinski definition) is 5. The van der Waals surface area contributed by atoms with Gasteiger partial charge < -0.3 is 9.47 Å². The molecule has 0 aliphatic carbocycles. The number of nitrogens with zero attached hydrogens (tertiary/aromatic N) is 1. The average Bonchev–Trinajstić information content (AvgIpc) is 3.08. The highest BCUT2D eigenvalue weighted by atomic mass is 79.9. The van der Waals surface area contributed by atoms with Crippen LogP contribution in [0.2, 0.25) is 0 Å². The number of carbonyl (C=O) groups is 1. The number of para-hydroxylation sites is 1. The second kappa shape index (κ2) is 10.5. The van der Waals surface area contributed by atoms with Gasteiger partial charge in [0.2, 0.25) is 0 Å². The van der Waals surface area contributed by atoms with Crippen LogP contribution in [0.1, 0.15) is 18.1 Å². The number of halogens is 2. The molecule has 0 atom stereocenters. The van der Waals surface area contributed by atoms with Crippen LogP contribution in [0.5, 0.6) is 11.5 Å². The minimum Gasteiger partial charge on any atom is -0.490 e. The Balaban J connectivity index is 1.60. The SMILES string of the molecule is CCOc1cc(/C=C2/SC(=S)N(c3ccccc3)C2=O)c(Br)cc1OCc1cccc(F)c1. The summed E-state index contributed by atoms with van der Waals surface area (Å²) < 4.78 is 26.3. The van der Waals surface area contributed by atoms with E-state index in [1.165, 1.54) is 28.8 Å². The number of benzene rings is 3. The molecule has 1 saturated heterocycles. The quantitative estimate of drug-likeness (QED) is 0.237. The largest absolute Gasteiger partial charge is 0.490 e. The summed E-state index contributed by atoms with van der Waals surface area (Å²) in [5.41, 5.74) is 2.20. The third-order valence-corrected chi connectivity index (χ3v) is 6.73. The Labute approximate surface area is 209 Å².